The minimum absolute atomic E-state index is 0.0354. The van der Waals surface area contributed by atoms with Crippen LogP contribution in [0.3, 0.4) is 0 Å². The molecule has 2 aromatic carbocycles. The van der Waals surface area contributed by atoms with Gasteiger partial charge in [-0.2, -0.15) is 0 Å². The van der Waals surface area contributed by atoms with E-state index in [1.807, 2.05) is 48.2 Å². The van der Waals surface area contributed by atoms with Crippen LogP contribution in [0.2, 0.25) is 0 Å². The molecule has 6 heteroatoms. The van der Waals surface area contributed by atoms with Gasteiger partial charge >= 0.3 is 6.09 Å². The molecule has 0 saturated carbocycles. The number of aromatic nitrogens is 1. The smallest absolute Gasteiger partial charge is 0.411 e. The van der Waals surface area contributed by atoms with Gasteiger partial charge in [-0.15, -0.1) is 0 Å². The molecule has 6 nitrogen and oxygen atoms in total. The Morgan fingerprint density at radius 3 is 2.90 bits per heavy atom. The lowest BCUT2D eigenvalue weighted by Crippen LogP contribution is -2.56. The molecule has 1 fully saturated rings. The molecule has 0 aliphatic carbocycles. The number of nitrogens with zero attached hydrogens (tertiary/aromatic N) is 2. The molecule has 2 unspecified atom stereocenters. The summed E-state index contributed by atoms with van der Waals surface area (Å²) in [6.07, 6.45) is 2.55. The Bertz CT molecular complexity index is 1070. The van der Waals surface area contributed by atoms with Crippen molar-refractivity contribution < 1.29 is 18.7 Å². The number of amides is 1. The first-order chi connectivity index (χ1) is 14.2. The molecule has 3 aromatic rings. The minimum atomic E-state index is -0.287. The van der Waals surface area contributed by atoms with Crippen LogP contribution in [-0.2, 0) is 16.1 Å². The fourth-order valence-electron chi connectivity index (χ4n) is 4.13. The second kappa shape index (κ2) is 7.37. The highest BCUT2D eigenvalue weighted by Crippen LogP contribution is 2.34. The van der Waals surface area contributed by atoms with E-state index in [1.165, 1.54) is 5.57 Å². The van der Waals surface area contributed by atoms with Gasteiger partial charge in [0.15, 0.2) is 11.5 Å². The first kappa shape index (κ1) is 17.9. The molecule has 2 aliphatic heterocycles. The molecule has 29 heavy (non-hydrogen) atoms. The monoisotopic (exact) mass is 390 g/mol. The maximum atomic E-state index is 12.8. The lowest BCUT2D eigenvalue weighted by Gasteiger charge is -2.43. The summed E-state index contributed by atoms with van der Waals surface area (Å²) in [6.45, 7) is 3.11. The van der Waals surface area contributed by atoms with Gasteiger partial charge in [0.2, 0.25) is 0 Å². The Balaban J connectivity index is 1.36. The summed E-state index contributed by atoms with van der Waals surface area (Å²) in [5, 5.41) is 0. The topological polar surface area (TPSA) is 64.8 Å². The molecule has 148 valence electrons. The molecular weight excluding hydrogens is 368 g/mol. The highest BCUT2D eigenvalue weighted by atomic mass is 16.6. The number of carbonyl (C=O) groups is 1. The van der Waals surface area contributed by atoms with E-state index in [0.29, 0.717) is 19.1 Å². The Kier molecular flexibility index (Phi) is 4.56. The van der Waals surface area contributed by atoms with E-state index in [1.54, 1.807) is 0 Å². The summed E-state index contributed by atoms with van der Waals surface area (Å²) in [4.78, 5) is 19.1. The SMILES string of the molecule is Cc1nc2cc(C3=CC4COCC(C3)N4C(=O)OCc3ccccc3)ccc2o1. The third kappa shape index (κ3) is 3.51. The fourth-order valence-corrected chi connectivity index (χ4v) is 4.13. The number of carbonyl (C=O) groups excluding carboxylic acids is 1. The second-order valence-corrected chi connectivity index (χ2v) is 7.52. The van der Waals surface area contributed by atoms with Crippen LogP contribution in [0.1, 0.15) is 23.4 Å². The molecule has 1 aromatic heterocycles. The lowest BCUT2D eigenvalue weighted by molar-refractivity contribution is -0.0342. The highest BCUT2D eigenvalue weighted by molar-refractivity contribution is 5.81. The third-order valence-corrected chi connectivity index (χ3v) is 5.48. The van der Waals surface area contributed by atoms with Crippen LogP contribution in [0.4, 0.5) is 4.79 Å². The predicted octanol–water partition coefficient (Wildman–Crippen LogP) is 4.33. The summed E-state index contributed by atoms with van der Waals surface area (Å²) in [7, 11) is 0. The average molecular weight is 390 g/mol. The van der Waals surface area contributed by atoms with Gasteiger partial charge in [-0.25, -0.2) is 9.78 Å². The van der Waals surface area contributed by atoms with E-state index in [9.17, 15) is 4.79 Å². The van der Waals surface area contributed by atoms with Crippen LogP contribution in [0.5, 0.6) is 0 Å². The van der Waals surface area contributed by atoms with Gasteiger partial charge < -0.3 is 13.9 Å². The van der Waals surface area contributed by atoms with Gasteiger partial charge in [0.25, 0.3) is 0 Å². The summed E-state index contributed by atoms with van der Waals surface area (Å²) in [6, 6.07) is 15.6. The van der Waals surface area contributed by atoms with E-state index in [-0.39, 0.29) is 24.8 Å². The van der Waals surface area contributed by atoms with Gasteiger partial charge in [0.05, 0.1) is 25.3 Å². The Morgan fingerprint density at radius 2 is 2.07 bits per heavy atom. The Labute approximate surface area is 168 Å². The van der Waals surface area contributed by atoms with Gasteiger partial charge in [-0.3, -0.25) is 4.90 Å². The number of oxazole rings is 1. The van der Waals surface area contributed by atoms with Crippen molar-refractivity contribution in [2.45, 2.75) is 32.0 Å². The molecule has 0 spiro atoms. The van der Waals surface area contributed by atoms with Gasteiger partial charge in [0, 0.05) is 6.92 Å². The van der Waals surface area contributed by atoms with E-state index in [0.717, 1.165) is 28.6 Å². The van der Waals surface area contributed by atoms with Crippen molar-refractivity contribution in [3.63, 3.8) is 0 Å². The molecule has 0 radical (unpaired) electrons. The normalized spacial score (nSPS) is 21.1. The molecule has 2 aliphatic rings. The Hall–Kier alpha value is -3.12. The molecule has 1 saturated heterocycles. The maximum Gasteiger partial charge on any atom is 0.411 e. The van der Waals surface area contributed by atoms with E-state index < -0.39 is 0 Å². The number of rotatable bonds is 3. The number of aryl methyl sites for hydroxylation is 1. The summed E-state index contributed by atoms with van der Waals surface area (Å²) in [5.41, 5.74) is 4.94. The zero-order valence-corrected chi connectivity index (χ0v) is 16.2. The van der Waals surface area contributed by atoms with Crippen molar-refractivity contribution in [3.8, 4) is 0 Å². The first-order valence-corrected chi connectivity index (χ1v) is 9.82. The summed E-state index contributed by atoms with van der Waals surface area (Å²) < 4.78 is 16.9. The number of benzene rings is 2. The Morgan fingerprint density at radius 1 is 1.21 bits per heavy atom. The van der Waals surface area contributed by atoms with E-state index >= 15 is 0 Å². The number of morpholine rings is 1. The van der Waals surface area contributed by atoms with Crippen LogP contribution in [0.15, 0.2) is 59.0 Å². The van der Waals surface area contributed by atoms with Crippen molar-refractivity contribution in [1.29, 1.82) is 0 Å². The predicted molar refractivity (Wildman–Crippen MR) is 108 cm³/mol. The fraction of sp³-hybridized carbons (Fsp3) is 0.304. The van der Waals surface area contributed by atoms with Crippen LogP contribution >= 0.6 is 0 Å². The van der Waals surface area contributed by atoms with Gasteiger partial charge in [-0.1, -0.05) is 42.5 Å². The first-order valence-electron chi connectivity index (χ1n) is 9.82. The second-order valence-electron chi connectivity index (χ2n) is 7.52. The molecule has 1 amide bonds. The molecule has 0 N–H and O–H groups in total. The van der Waals surface area contributed by atoms with Crippen LogP contribution < -0.4 is 0 Å². The number of ether oxygens (including phenoxy) is 2. The highest BCUT2D eigenvalue weighted by Gasteiger charge is 2.39. The largest absolute Gasteiger partial charge is 0.445 e. The average Bonchev–Trinajstić information content (AvgIpc) is 3.11. The number of fused-ring (bicyclic) bond motifs is 3. The van der Waals surface area contributed by atoms with Crippen LogP contribution in [0.25, 0.3) is 16.7 Å². The third-order valence-electron chi connectivity index (χ3n) is 5.48. The van der Waals surface area contributed by atoms with Crippen LogP contribution in [-0.4, -0.2) is 41.3 Å². The maximum absolute atomic E-state index is 12.8. The molecule has 2 atom stereocenters. The zero-order chi connectivity index (χ0) is 19.8. The molecule has 3 heterocycles. The van der Waals surface area contributed by atoms with E-state index in [2.05, 4.69) is 23.2 Å². The number of hydrogen-bond donors (Lipinski definition) is 0. The standard InChI is InChI=1S/C23H22N2O4/c1-15-24-21-11-17(7-8-22(21)29-15)18-9-19-13-27-14-20(10-18)25(19)23(26)28-12-16-5-3-2-4-6-16/h2-9,11,19-20H,10,12-14H2,1H3. The van der Waals surface area contributed by atoms with Gasteiger partial charge in [-0.05, 0) is 35.3 Å². The van der Waals surface area contributed by atoms with Crippen molar-refractivity contribution in [3.05, 3.63) is 71.6 Å². The minimum Gasteiger partial charge on any atom is -0.445 e. The molecular formula is C23H22N2O4. The van der Waals surface area contributed by atoms with Crippen molar-refractivity contribution in [2.75, 3.05) is 13.2 Å². The van der Waals surface area contributed by atoms with Crippen molar-refractivity contribution in [1.82, 2.24) is 9.88 Å². The van der Waals surface area contributed by atoms with Crippen LogP contribution in [0, 0.1) is 6.92 Å². The molecule has 2 bridgehead atoms. The quantitative estimate of drug-likeness (QED) is 0.666. The van der Waals surface area contributed by atoms with E-state index in [4.69, 9.17) is 13.9 Å². The summed E-state index contributed by atoms with van der Waals surface area (Å²) in [5.74, 6) is 0.660. The lowest BCUT2D eigenvalue weighted by atomic mass is 9.90. The molecule has 5 rings (SSSR count). The zero-order valence-electron chi connectivity index (χ0n) is 16.2. The van der Waals surface area contributed by atoms with Crippen molar-refractivity contribution in [2.24, 2.45) is 0 Å². The van der Waals surface area contributed by atoms with Gasteiger partial charge in [0.1, 0.15) is 12.1 Å². The summed E-state index contributed by atoms with van der Waals surface area (Å²) >= 11 is 0. The number of hydrogen-bond acceptors (Lipinski definition) is 5. The van der Waals surface area contributed by atoms with Crippen molar-refractivity contribution >= 4 is 22.8 Å².